The van der Waals surface area contributed by atoms with Gasteiger partial charge in [0.15, 0.2) is 5.13 Å². The van der Waals surface area contributed by atoms with Crippen molar-refractivity contribution < 1.29 is 0 Å². The average Bonchev–Trinajstić information content (AvgIpc) is 2.47. The Morgan fingerprint density at radius 3 is 3.00 bits per heavy atom. The van der Waals surface area contributed by atoms with Gasteiger partial charge < -0.3 is 4.90 Å². The first-order valence-corrected chi connectivity index (χ1v) is 6.62. The zero-order valence-electron chi connectivity index (χ0n) is 7.08. The van der Waals surface area contributed by atoms with Crippen LogP contribution in [0.1, 0.15) is 0 Å². The Kier molecular flexibility index (Phi) is 4.39. The summed E-state index contributed by atoms with van der Waals surface area (Å²) in [4.78, 5) is 6.49. The van der Waals surface area contributed by atoms with Crippen molar-refractivity contribution in [1.29, 1.82) is 0 Å². The summed E-state index contributed by atoms with van der Waals surface area (Å²) in [7, 11) is 2.07. The molecule has 0 aromatic carbocycles. The molecule has 0 unspecified atom stereocenters. The minimum atomic E-state index is 0.929. The molecule has 0 radical (unpaired) electrons. The van der Waals surface area contributed by atoms with E-state index in [1.54, 1.807) is 11.3 Å². The van der Waals surface area contributed by atoms with Crippen LogP contribution in [0.3, 0.4) is 0 Å². The first kappa shape index (κ1) is 10.3. The van der Waals surface area contributed by atoms with Crippen molar-refractivity contribution in [3.63, 3.8) is 0 Å². The van der Waals surface area contributed by atoms with Gasteiger partial charge >= 0.3 is 0 Å². The Bertz CT molecular complexity index is 239. The third-order valence-corrected chi connectivity index (χ3v) is 3.68. The third-order valence-electron chi connectivity index (χ3n) is 1.42. The molecule has 0 N–H and O–H groups in total. The average molecular weight is 267 g/mol. The van der Waals surface area contributed by atoms with Crippen molar-refractivity contribution in [2.75, 3.05) is 30.5 Å². The quantitative estimate of drug-likeness (QED) is 0.834. The molecule has 1 rings (SSSR count). The molecule has 0 saturated heterocycles. The van der Waals surface area contributed by atoms with Crippen molar-refractivity contribution in [2.45, 2.75) is 0 Å². The molecule has 5 heteroatoms. The van der Waals surface area contributed by atoms with Gasteiger partial charge in [-0.2, -0.15) is 11.8 Å². The van der Waals surface area contributed by atoms with Crippen LogP contribution in [0.2, 0.25) is 0 Å². The van der Waals surface area contributed by atoms with Crippen LogP contribution >= 0.6 is 39.0 Å². The molecule has 12 heavy (non-hydrogen) atoms. The molecule has 2 nitrogen and oxygen atoms in total. The minimum Gasteiger partial charge on any atom is -0.350 e. The molecule has 0 saturated carbocycles. The number of anilines is 1. The number of halogens is 1. The number of hydrogen-bond acceptors (Lipinski definition) is 4. The van der Waals surface area contributed by atoms with Crippen LogP contribution in [-0.2, 0) is 0 Å². The summed E-state index contributed by atoms with van der Waals surface area (Å²) in [6, 6.07) is 0. The summed E-state index contributed by atoms with van der Waals surface area (Å²) < 4.78 is 0.929. The van der Waals surface area contributed by atoms with E-state index in [2.05, 4.69) is 39.1 Å². The van der Waals surface area contributed by atoms with Crippen molar-refractivity contribution >= 4 is 44.2 Å². The van der Waals surface area contributed by atoms with Crippen molar-refractivity contribution in [2.24, 2.45) is 0 Å². The van der Waals surface area contributed by atoms with Crippen LogP contribution in [0.4, 0.5) is 5.13 Å². The van der Waals surface area contributed by atoms with Crippen molar-refractivity contribution in [1.82, 2.24) is 4.98 Å². The lowest BCUT2D eigenvalue weighted by atomic mass is 10.7. The lowest BCUT2D eigenvalue weighted by Crippen LogP contribution is -2.19. The molecule has 0 fully saturated rings. The predicted octanol–water partition coefficient (Wildman–Crippen LogP) is 2.70. The summed E-state index contributed by atoms with van der Waals surface area (Å²) in [5, 5.41) is 3.08. The second-order valence-electron chi connectivity index (χ2n) is 2.37. The van der Waals surface area contributed by atoms with E-state index in [0.29, 0.717) is 0 Å². The fourth-order valence-electron chi connectivity index (χ4n) is 0.745. The highest BCUT2D eigenvalue weighted by atomic mass is 79.9. The first-order valence-electron chi connectivity index (χ1n) is 3.55. The van der Waals surface area contributed by atoms with Crippen molar-refractivity contribution in [3.8, 4) is 0 Å². The smallest absolute Gasteiger partial charge is 0.186 e. The molecule has 0 amide bonds. The van der Waals surface area contributed by atoms with Gasteiger partial charge in [0.2, 0.25) is 0 Å². The molecule has 0 spiro atoms. The van der Waals surface area contributed by atoms with Gasteiger partial charge in [0.1, 0.15) is 4.60 Å². The molecule has 0 aliphatic heterocycles. The van der Waals surface area contributed by atoms with Gasteiger partial charge in [0.05, 0.1) is 0 Å². The van der Waals surface area contributed by atoms with Crippen LogP contribution in [0.25, 0.3) is 0 Å². The van der Waals surface area contributed by atoms with E-state index < -0.39 is 0 Å². The van der Waals surface area contributed by atoms with E-state index in [0.717, 1.165) is 22.0 Å². The second kappa shape index (κ2) is 5.09. The maximum Gasteiger partial charge on any atom is 0.186 e. The van der Waals surface area contributed by atoms with Crippen LogP contribution in [0.15, 0.2) is 9.98 Å². The normalized spacial score (nSPS) is 10.2. The lowest BCUT2D eigenvalue weighted by Gasteiger charge is -2.13. The molecular weight excluding hydrogens is 256 g/mol. The summed E-state index contributed by atoms with van der Waals surface area (Å²) >= 11 is 6.86. The zero-order chi connectivity index (χ0) is 8.97. The topological polar surface area (TPSA) is 16.1 Å². The fraction of sp³-hybridized carbons (Fsp3) is 0.571. The van der Waals surface area contributed by atoms with Crippen molar-refractivity contribution in [3.05, 3.63) is 9.98 Å². The predicted molar refractivity (Wildman–Crippen MR) is 61.5 cm³/mol. The Labute approximate surface area is 89.5 Å². The molecule has 0 aliphatic carbocycles. The van der Waals surface area contributed by atoms with E-state index in [1.165, 1.54) is 0 Å². The maximum atomic E-state index is 4.32. The van der Waals surface area contributed by atoms with Crippen LogP contribution < -0.4 is 4.90 Å². The molecule has 1 aromatic rings. The van der Waals surface area contributed by atoms with Gasteiger partial charge in [-0.25, -0.2) is 4.98 Å². The van der Waals surface area contributed by atoms with Gasteiger partial charge in [0.25, 0.3) is 0 Å². The Balaban J connectivity index is 2.47. The van der Waals surface area contributed by atoms with E-state index in [-0.39, 0.29) is 0 Å². The fourth-order valence-corrected chi connectivity index (χ4v) is 2.44. The third kappa shape index (κ3) is 2.95. The van der Waals surface area contributed by atoms with E-state index in [9.17, 15) is 0 Å². The lowest BCUT2D eigenvalue weighted by molar-refractivity contribution is 0.964. The molecule has 1 aromatic heterocycles. The molecular formula is C7H11BrN2S2. The highest BCUT2D eigenvalue weighted by molar-refractivity contribution is 9.10. The van der Waals surface area contributed by atoms with Gasteiger partial charge in [0, 0.05) is 24.7 Å². The molecule has 0 atom stereocenters. The monoisotopic (exact) mass is 266 g/mol. The zero-order valence-corrected chi connectivity index (χ0v) is 10.3. The summed E-state index contributed by atoms with van der Waals surface area (Å²) in [5.74, 6) is 1.15. The molecule has 0 bridgehead atoms. The second-order valence-corrected chi connectivity index (χ2v) is 5.00. The van der Waals surface area contributed by atoms with E-state index in [4.69, 9.17) is 0 Å². The number of hydrogen-bond donors (Lipinski definition) is 0. The number of thioether (sulfide) groups is 1. The summed E-state index contributed by atoms with van der Waals surface area (Å²) in [6.45, 7) is 1.06. The SMILES string of the molecule is CSCCN(C)c1nc(Br)cs1. The highest BCUT2D eigenvalue weighted by Gasteiger charge is 2.03. The van der Waals surface area contributed by atoms with Gasteiger partial charge in [-0.15, -0.1) is 11.3 Å². The largest absolute Gasteiger partial charge is 0.350 e. The maximum absolute atomic E-state index is 4.32. The highest BCUT2D eigenvalue weighted by Crippen LogP contribution is 2.22. The van der Waals surface area contributed by atoms with Crippen LogP contribution in [0, 0.1) is 0 Å². The van der Waals surface area contributed by atoms with E-state index in [1.807, 2.05) is 17.1 Å². The Morgan fingerprint density at radius 2 is 2.50 bits per heavy atom. The summed E-state index contributed by atoms with van der Waals surface area (Å²) in [6.07, 6.45) is 2.12. The number of rotatable bonds is 4. The minimum absolute atomic E-state index is 0.929. The first-order chi connectivity index (χ1) is 5.74. The van der Waals surface area contributed by atoms with E-state index >= 15 is 0 Å². The number of aromatic nitrogens is 1. The van der Waals surface area contributed by atoms with Crippen LogP contribution in [-0.4, -0.2) is 30.6 Å². The van der Waals surface area contributed by atoms with Gasteiger partial charge in [-0.1, -0.05) is 0 Å². The summed E-state index contributed by atoms with van der Waals surface area (Å²) in [5.41, 5.74) is 0. The Hall–Kier alpha value is 0.260. The number of thiazole rings is 1. The van der Waals surface area contributed by atoms with Gasteiger partial charge in [-0.05, 0) is 22.2 Å². The molecule has 68 valence electrons. The Morgan fingerprint density at radius 1 is 1.75 bits per heavy atom. The molecule has 1 heterocycles. The number of nitrogens with zero attached hydrogens (tertiary/aromatic N) is 2. The standard InChI is InChI=1S/C7H11BrN2S2/c1-10(3-4-11-2)7-9-6(8)5-12-7/h5H,3-4H2,1-2H3. The molecule has 0 aliphatic rings. The van der Waals surface area contributed by atoms with Crippen LogP contribution in [0.5, 0.6) is 0 Å². The van der Waals surface area contributed by atoms with Gasteiger partial charge in [-0.3, -0.25) is 0 Å².